The van der Waals surface area contributed by atoms with Crippen molar-refractivity contribution in [2.75, 3.05) is 31.7 Å². The summed E-state index contributed by atoms with van der Waals surface area (Å²) in [7, 11) is 1.76. The Labute approximate surface area is 176 Å². The monoisotopic (exact) mass is 412 g/mol. The van der Waals surface area contributed by atoms with E-state index >= 15 is 0 Å². The number of amides is 2. The van der Waals surface area contributed by atoms with Crippen molar-refractivity contribution in [3.05, 3.63) is 64.7 Å². The van der Waals surface area contributed by atoms with Gasteiger partial charge >= 0.3 is 0 Å². The van der Waals surface area contributed by atoms with Crippen molar-refractivity contribution in [2.45, 2.75) is 30.6 Å². The number of hydrogen-bond donors (Lipinski definition) is 1. The Kier molecular flexibility index (Phi) is 5.61. The van der Waals surface area contributed by atoms with Gasteiger partial charge in [-0.2, -0.15) is 0 Å². The molecule has 6 heteroatoms. The molecule has 1 N–H and O–H groups in total. The first-order valence-corrected chi connectivity index (χ1v) is 10.3. The smallest absolute Gasteiger partial charge is 0.228 e. The van der Waals surface area contributed by atoms with Gasteiger partial charge in [0, 0.05) is 49.4 Å². The number of halogens is 1. The molecule has 0 spiro atoms. The van der Waals surface area contributed by atoms with Crippen LogP contribution in [0.5, 0.6) is 0 Å². The Bertz CT molecular complexity index is 907. The fraction of sp³-hybridized carbons (Fsp3) is 0.391. The van der Waals surface area contributed by atoms with Gasteiger partial charge < -0.3 is 15.0 Å². The van der Waals surface area contributed by atoms with Gasteiger partial charge in [0.25, 0.3) is 0 Å². The summed E-state index contributed by atoms with van der Waals surface area (Å²) in [5.41, 5.74) is 2.68. The maximum absolute atomic E-state index is 13.1. The summed E-state index contributed by atoms with van der Waals surface area (Å²) in [4.78, 5) is 27.2. The molecule has 1 fully saturated rings. The molecule has 2 aromatic carbocycles. The Morgan fingerprint density at radius 3 is 2.59 bits per heavy atom. The predicted molar refractivity (Wildman–Crippen MR) is 113 cm³/mol. The van der Waals surface area contributed by atoms with Gasteiger partial charge in [-0.05, 0) is 42.2 Å². The lowest BCUT2D eigenvalue weighted by atomic mass is 9.74. The number of hydrogen-bond acceptors (Lipinski definition) is 3. The molecule has 4 rings (SSSR count). The van der Waals surface area contributed by atoms with E-state index in [0.29, 0.717) is 24.8 Å². The van der Waals surface area contributed by atoms with Crippen molar-refractivity contribution in [1.82, 2.24) is 5.32 Å². The van der Waals surface area contributed by atoms with Gasteiger partial charge in [-0.3, -0.25) is 9.59 Å². The van der Waals surface area contributed by atoms with Crippen LogP contribution in [0.2, 0.25) is 5.02 Å². The van der Waals surface area contributed by atoms with Crippen molar-refractivity contribution in [1.29, 1.82) is 0 Å². The van der Waals surface area contributed by atoms with E-state index in [4.69, 9.17) is 16.3 Å². The summed E-state index contributed by atoms with van der Waals surface area (Å²) < 4.78 is 5.58. The lowest BCUT2D eigenvalue weighted by Gasteiger charge is -2.38. The van der Waals surface area contributed by atoms with Gasteiger partial charge in [-0.1, -0.05) is 41.9 Å². The van der Waals surface area contributed by atoms with E-state index < -0.39 is 5.92 Å². The van der Waals surface area contributed by atoms with Crippen LogP contribution in [0.1, 0.15) is 36.3 Å². The zero-order valence-electron chi connectivity index (χ0n) is 16.5. The van der Waals surface area contributed by atoms with Gasteiger partial charge in [0.1, 0.15) is 0 Å². The fourth-order valence-electron chi connectivity index (χ4n) is 4.39. The number of carbonyl (C=O) groups excluding carboxylic acids is 2. The van der Waals surface area contributed by atoms with Crippen LogP contribution in [0, 0.1) is 0 Å². The molecule has 1 saturated heterocycles. The van der Waals surface area contributed by atoms with E-state index in [1.165, 1.54) is 0 Å². The third kappa shape index (κ3) is 3.89. The van der Waals surface area contributed by atoms with Gasteiger partial charge in [0.2, 0.25) is 11.8 Å². The maximum atomic E-state index is 13.1. The molecule has 2 heterocycles. The summed E-state index contributed by atoms with van der Waals surface area (Å²) in [6.45, 7) is 1.83. The van der Waals surface area contributed by atoms with Crippen molar-refractivity contribution >= 4 is 29.1 Å². The first kappa shape index (κ1) is 19.9. The minimum absolute atomic E-state index is 0.0395. The van der Waals surface area contributed by atoms with Crippen LogP contribution in [0.25, 0.3) is 0 Å². The lowest BCUT2D eigenvalue weighted by Crippen LogP contribution is -2.47. The molecule has 2 aliphatic heterocycles. The van der Waals surface area contributed by atoms with Crippen LogP contribution < -0.4 is 10.2 Å². The molecule has 0 bridgehead atoms. The maximum Gasteiger partial charge on any atom is 0.228 e. The molecular weight excluding hydrogens is 388 g/mol. The number of carbonyl (C=O) groups is 2. The first-order chi connectivity index (χ1) is 14.0. The first-order valence-electron chi connectivity index (χ1n) is 9.97. The zero-order valence-corrected chi connectivity index (χ0v) is 17.2. The zero-order chi connectivity index (χ0) is 20.4. The number of para-hydroxylation sites is 1. The number of ether oxygens (including phenoxy) is 1. The Morgan fingerprint density at radius 1 is 1.17 bits per heavy atom. The number of fused-ring (bicyclic) bond motifs is 1. The fourth-order valence-corrected chi connectivity index (χ4v) is 4.52. The topological polar surface area (TPSA) is 58.6 Å². The lowest BCUT2D eigenvalue weighted by molar-refractivity contribution is -0.127. The Morgan fingerprint density at radius 2 is 1.86 bits per heavy atom. The Balaban J connectivity index is 1.55. The molecule has 1 atom stereocenters. The second kappa shape index (κ2) is 8.17. The van der Waals surface area contributed by atoms with Gasteiger partial charge in [0.05, 0.1) is 5.92 Å². The van der Waals surface area contributed by atoms with E-state index in [2.05, 4.69) is 5.32 Å². The van der Waals surface area contributed by atoms with Gasteiger partial charge in [-0.15, -0.1) is 0 Å². The average molecular weight is 413 g/mol. The molecule has 0 saturated carbocycles. The summed E-state index contributed by atoms with van der Waals surface area (Å²) in [5, 5.41) is 3.85. The van der Waals surface area contributed by atoms with Crippen LogP contribution in [0.15, 0.2) is 48.5 Å². The normalized spacial score (nSPS) is 20.8. The molecule has 152 valence electrons. The number of nitrogens with one attached hydrogen (secondary N) is 1. The number of rotatable bonds is 4. The van der Waals surface area contributed by atoms with E-state index in [9.17, 15) is 9.59 Å². The van der Waals surface area contributed by atoms with E-state index in [0.717, 1.165) is 29.7 Å². The van der Waals surface area contributed by atoms with Crippen LogP contribution in [-0.4, -0.2) is 38.6 Å². The largest absolute Gasteiger partial charge is 0.381 e. The number of nitrogens with zero attached hydrogens (tertiary/aromatic N) is 1. The molecule has 2 amide bonds. The number of anilines is 1. The standard InChI is InChI=1S/C23H25ClN2O3/c1-26-20-5-3-2-4-18(20)19(14-21(26)27)22(28)25-15-23(10-12-29-13-11-23)16-6-8-17(24)9-7-16/h2-9,19H,10-15H2,1H3,(H,25,28). The van der Waals surface area contributed by atoms with Crippen molar-refractivity contribution in [3.63, 3.8) is 0 Å². The van der Waals surface area contributed by atoms with Crippen LogP contribution in [0.3, 0.4) is 0 Å². The molecule has 5 nitrogen and oxygen atoms in total. The highest BCUT2D eigenvalue weighted by molar-refractivity contribution is 6.30. The SMILES string of the molecule is CN1C(=O)CC(C(=O)NCC2(c3ccc(Cl)cc3)CCOCC2)c2ccccc21. The molecule has 0 aromatic heterocycles. The minimum atomic E-state index is -0.461. The molecule has 2 aliphatic rings. The summed E-state index contributed by atoms with van der Waals surface area (Å²) in [5.74, 6) is -0.599. The third-order valence-corrected chi connectivity index (χ3v) is 6.50. The number of benzene rings is 2. The average Bonchev–Trinajstić information content (AvgIpc) is 2.76. The summed E-state index contributed by atoms with van der Waals surface area (Å²) >= 11 is 6.07. The van der Waals surface area contributed by atoms with Crippen LogP contribution >= 0.6 is 11.6 Å². The molecule has 0 radical (unpaired) electrons. The highest BCUT2D eigenvalue weighted by Gasteiger charge is 2.37. The summed E-state index contributed by atoms with van der Waals surface area (Å²) in [6.07, 6.45) is 1.85. The van der Waals surface area contributed by atoms with Crippen molar-refractivity contribution in [3.8, 4) is 0 Å². The van der Waals surface area contributed by atoms with E-state index in [-0.39, 0.29) is 23.7 Å². The molecule has 1 unspecified atom stereocenters. The van der Waals surface area contributed by atoms with Crippen molar-refractivity contribution in [2.24, 2.45) is 0 Å². The van der Waals surface area contributed by atoms with Crippen molar-refractivity contribution < 1.29 is 14.3 Å². The summed E-state index contributed by atoms with van der Waals surface area (Å²) in [6, 6.07) is 15.5. The second-order valence-corrected chi connectivity index (χ2v) is 8.32. The van der Waals surface area contributed by atoms with E-state index in [1.54, 1.807) is 11.9 Å². The van der Waals surface area contributed by atoms with Crippen LogP contribution in [0.4, 0.5) is 5.69 Å². The Hall–Kier alpha value is -2.37. The molecule has 0 aliphatic carbocycles. The third-order valence-electron chi connectivity index (χ3n) is 6.25. The van der Waals surface area contributed by atoms with Gasteiger partial charge in [0.15, 0.2) is 0 Å². The van der Waals surface area contributed by atoms with Crippen LogP contribution in [-0.2, 0) is 19.7 Å². The minimum Gasteiger partial charge on any atom is -0.381 e. The highest BCUT2D eigenvalue weighted by atomic mass is 35.5. The second-order valence-electron chi connectivity index (χ2n) is 7.89. The predicted octanol–water partition coefficient (Wildman–Crippen LogP) is 3.65. The molecule has 2 aromatic rings. The molecule has 29 heavy (non-hydrogen) atoms. The quantitative estimate of drug-likeness (QED) is 0.833. The van der Waals surface area contributed by atoms with Gasteiger partial charge in [-0.25, -0.2) is 0 Å². The highest BCUT2D eigenvalue weighted by Crippen LogP contribution is 2.37. The van der Waals surface area contributed by atoms with E-state index in [1.807, 2.05) is 48.5 Å². The molecular formula is C23H25ClN2O3.